The van der Waals surface area contributed by atoms with Crippen molar-refractivity contribution in [1.29, 1.82) is 0 Å². The number of para-hydroxylation sites is 2. The van der Waals surface area contributed by atoms with Gasteiger partial charge in [-0.3, -0.25) is 14.4 Å². The molecule has 1 amide bonds. The van der Waals surface area contributed by atoms with Gasteiger partial charge < -0.3 is 14.4 Å². The van der Waals surface area contributed by atoms with Crippen LogP contribution in [0.4, 0.5) is 5.69 Å². The maximum atomic E-state index is 12.4. The first-order chi connectivity index (χ1) is 12.5. The quantitative estimate of drug-likeness (QED) is 0.575. The van der Waals surface area contributed by atoms with Gasteiger partial charge in [-0.2, -0.15) is 0 Å². The number of anilines is 1. The highest BCUT2D eigenvalue weighted by Gasteiger charge is 2.31. The van der Waals surface area contributed by atoms with Gasteiger partial charge in [0.05, 0.1) is 17.0 Å². The third-order valence-corrected chi connectivity index (χ3v) is 5.03. The van der Waals surface area contributed by atoms with Crippen LogP contribution in [-0.4, -0.2) is 36.9 Å². The van der Waals surface area contributed by atoms with Crippen molar-refractivity contribution in [1.82, 2.24) is 0 Å². The molecule has 0 N–H and O–H groups in total. The van der Waals surface area contributed by atoms with E-state index in [0.717, 1.165) is 4.88 Å². The van der Waals surface area contributed by atoms with Crippen LogP contribution in [0.15, 0.2) is 36.4 Å². The van der Waals surface area contributed by atoms with Gasteiger partial charge >= 0.3 is 5.97 Å². The zero-order chi connectivity index (χ0) is 18.7. The molecule has 0 aliphatic carbocycles. The number of benzene rings is 1. The molecule has 136 valence electrons. The number of ketones is 1. The van der Waals surface area contributed by atoms with Crippen molar-refractivity contribution >= 4 is 34.7 Å². The lowest BCUT2D eigenvalue weighted by Crippen LogP contribution is -2.45. The van der Waals surface area contributed by atoms with Gasteiger partial charge in [0.15, 0.2) is 12.7 Å². The van der Waals surface area contributed by atoms with Crippen LogP contribution in [0.3, 0.4) is 0 Å². The zero-order valence-electron chi connectivity index (χ0n) is 14.6. The Hall–Kier alpha value is -2.67. The second kappa shape index (κ2) is 7.70. The molecule has 0 saturated carbocycles. The fraction of sp³-hybridized carbons (Fsp3) is 0.316. The second-order valence-electron chi connectivity index (χ2n) is 5.96. The molecule has 0 spiro atoms. The number of aryl methyl sites for hydroxylation is 1. The maximum absolute atomic E-state index is 12.4. The first-order valence-corrected chi connectivity index (χ1v) is 9.09. The van der Waals surface area contributed by atoms with Gasteiger partial charge in [0.2, 0.25) is 5.78 Å². The van der Waals surface area contributed by atoms with Crippen molar-refractivity contribution in [3.8, 4) is 5.75 Å². The Morgan fingerprint density at radius 1 is 1.23 bits per heavy atom. The maximum Gasteiger partial charge on any atom is 0.308 e. The van der Waals surface area contributed by atoms with Gasteiger partial charge in [-0.25, -0.2) is 0 Å². The molecule has 1 aliphatic heterocycles. The molecule has 1 aromatic carbocycles. The highest BCUT2D eigenvalue weighted by molar-refractivity contribution is 7.14. The normalized spacial score (nSPS) is 16.0. The Morgan fingerprint density at radius 2 is 2.00 bits per heavy atom. The standard InChI is InChI=1S/C19H19NO5S/c1-12-7-8-17(26-12)15(21)11-24-18(22)9-10-20-14-5-3-4-6-16(14)25-13(2)19(20)23/h3-8,13H,9-11H2,1-2H3. The van der Waals surface area contributed by atoms with E-state index in [-0.39, 0.29) is 31.3 Å². The SMILES string of the molecule is Cc1ccc(C(=O)COC(=O)CCN2C(=O)C(C)Oc3ccccc32)s1. The topological polar surface area (TPSA) is 72.9 Å². The van der Waals surface area contributed by atoms with Crippen LogP contribution in [0, 0.1) is 6.92 Å². The van der Waals surface area contributed by atoms with Gasteiger partial charge in [0.25, 0.3) is 5.91 Å². The van der Waals surface area contributed by atoms with Crippen molar-refractivity contribution in [2.24, 2.45) is 0 Å². The van der Waals surface area contributed by atoms with E-state index < -0.39 is 12.1 Å². The van der Waals surface area contributed by atoms with Crippen LogP contribution in [0.1, 0.15) is 27.9 Å². The molecule has 1 atom stereocenters. The summed E-state index contributed by atoms with van der Waals surface area (Å²) in [6, 6.07) is 10.8. The van der Waals surface area contributed by atoms with Gasteiger partial charge in [0.1, 0.15) is 5.75 Å². The molecule has 7 heteroatoms. The smallest absolute Gasteiger partial charge is 0.308 e. The van der Waals surface area contributed by atoms with Crippen molar-refractivity contribution in [3.63, 3.8) is 0 Å². The number of carbonyl (C=O) groups excluding carboxylic acids is 3. The van der Waals surface area contributed by atoms with Crippen LogP contribution in [0.2, 0.25) is 0 Å². The van der Waals surface area contributed by atoms with Crippen LogP contribution in [0.5, 0.6) is 5.75 Å². The van der Waals surface area contributed by atoms with Gasteiger partial charge in [-0.15, -0.1) is 11.3 Å². The molecule has 0 fully saturated rings. The van der Waals surface area contributed by atoms with E-state index in [9.17, 15) is 14.4 Å². The lowest BCUT2D eigenvalue weighted by molar-refractivity contribution is -0.142. The summed E-state index contributed by atoms with van der Waals surface area (Å²) < 4.78 is 10.6. The number of hydrogen-bond donors (Lipinski definition) is 0. The van der Waals surface area contributed by atoms with Crippen molar-refractivity contribution in [2.45, 2.75) is 26.4 Å². The average molecular weight is 373 g/mol. The lowest BCUT2D eigenvalue weighted by Gasteiger charge is -2.32. The Bertz CT molecular complexity index is 844. The molecule has 2 heterocycles. The molecule has 1 unspecified atom stereocenters. The van der Waals surface area contributed by atoms with Gasteiger partial charge in [0, 0.05) is 11.4 Å². The summed E-state index contributed by atoms with van der Waals surface area (Å²) in [4.78, 5) is 39.4. The minimum absolute atomic E-state index is 0.00351. The summed E-state index contributed by atoms with van der Waals surface area (Å²) in [6.07, 6.45) is -0.603. The minimum atomic E-state index is -0.607. The molecule has 6 nitrogen and oxygen atoms in total. The van der Waals surface area contributed by atoms with Crippen LogP contribution >= 0.6 is 11.3 Å². The summed E-state index contributed by atoms with van der Waals surface area (Å²) in [5.41, 5.74) is 0.633. The van der Waals surface area contributed by atoms with Crippen LogP contribution in [-0.2, 0) is 14.3 Å². The van der Waals surface area contributed by atoms with Gasteiger partial charge in [-0.1, -0.05) is 12.1 Å². The molecular formula is C19H19NO5S. The Morgan fingerprint density at radius 3 is 2.73 bits per heavy atom. The number of ether oxygens (including phenoxy) is 2. The summed E-state index contributed by atoms with van der Waals surface area (Å²) in [5.74, 6) is -0.341. The number of carbonyl (C=O) groups is 3. The first-order valence-electron chi connectivity index (χ1n) is 8.28. The fourth-order valence-electron chi connectivity index (χ4n) is 2.67. The van der Waals surface area contributed by atoms with E-state index in [1.165, 1.54) is 16.2 Å². The van der Waals surface area contributed by atoms with Crippen molar-refractivity contribution in [3.05, 3.63) is 46.2 Å². The highest BCUT2D eigenvalue weighted by Crippen LogP contribution is 2.33. The number of amides is 1. The monoisotopic (exact) mass is 373 g/mol. The molecule has 2 aromatic rings. The molecule has 3 rings (SSSR count). The number of fused-ring (bicyclic) bond motifs is 1. The summed E-state index contributed by atoms with van der Waals surface area (Å²) in [6.45, 7) is 3.47. The number of thiophene rings is 1. The highest BCUT2D eigenvalue weighted by atomic mass is 32.1. The zero-order valence-corrected chi connectivity index (χ0v) is 15.4. The summed E-state index contributed by atoms with van der Waals surface area (Å²) >= 11 is 1.37. The number of nitrogens with zero attached hydrogens (tertiary/aromatic N) is 1. The molecule has 26 heavy (non-hydrogen) atoms. The van der Waals surface area contributed by atoms with Crippen molar-refractivity contribution in [2.75, 3.05) is 18.1 Å². The van der Waals surface area contributed by atoms with E-state index >= 15 is 0 Å². The Balaban J connectivity index is 1.56. The first kappa shape index (κ1) is 18.1. The van der Waals surface area contributed by atoms with E-state index in [4.69, 9.17) is 9.47 Å². The second-order valence-corrected chi connectivity index (χ2v) is 7.25. The predicted molar refractivity (Wildman–Crippen MR) is 97.8 cm³/mol. The molecule has 0 bridgehead atoms. The Labute approximate surface area is 155 Å². The predicted octanol–water partition coefficient (Wildman–Crippen LogP) is 2.99. The summed E-state index contributed by atoms with van der Waals surface area (Å²) in [5, 5.41) is 0. The third-order valence-electron chi connectivity index (χ3n) is 3.99. The third kappa shape index (κ3) is 3.94. The van der Waals surface area contributed by atoms with E-state index in [2.05, 4.69) is 0 Å². The molecular weight excluding hydrogens is 354 g/mol. The minimum Gasteiger partial charge on any atom is -0.479 e. The van der Waals surface area contributed by atoms with E-state index in [0.29, 0.717) is 16.3 Å². The van der Waals surface area contributed by atoms with Gasteiger partial charge in [-0.05, 0) is 38.1 Å². The van der Waals surface area contributed by atoms with E-state index in [1.807, 2.05) is 19.1 Å². The lowest BCUT2D eigenvalue weighted by atomic mass is 10.2. The largest absolute Gasteiger partial charge is 0.479 e. The molecule has 1 aliphatic rings. The number of esters is 1. The average Bonchev–Trinajstić information content (AvgIpc) is 3.06. The number of Topliss-reactive ketones (excluding diaryl/α,β-unsaturated/α-hetero) is 1. The number of hydrogen-bond acceptors (Lipinski definition) is 6. The molecule has 1 aromatic heterocycles. The molecule has 0 saturated heterocycles. The van der Waals surface area contributed by atoms with Crippen LogP contribution < -0.4 is 9.64 Å². The van der Waals surface area contributed by atoms with Crippen LogP contribution in [0.25, 0.3) is 0 Å². The van der Waals surface area contributed by atoms with Crippen molar-refractivity contribution < 1.29 is 23.9 Å². The fourth-order valence-corrected chi connectivity index (χ4v) is 3.46. The molecule has 0 radical (unpaired) electrons. The number of rotatable bonds is 6. The van der Waals surface area contributed by atoms with E-state index in [1.54, 1.807) is 31.2 Å². The Kier molecular flexibility index (Phi) is 5.37. The summed E-state index contributed by atoms with van der Waals surface area (Å²) in [7, 11) is 0.